The van der Waals surface area contributed by atoms with Gasteiger partial charge in [0.1, 0.15) is 0 Å². The van der Waals surface area contributed by atoms with Crippen LogP contribution in [0, 0.1) is 0 Å². The van der Waals surface area contributed by atoms with Crippen molar-refractivity contribution in [3.05, 3.63) is 35.9 Å². The van der Waals surface area contributed by atoms with Gasteiger partial charge in [0.15, 0.2) is 4.32 Å². The van der Waals surface area contributed by atoms with Crippen LogP contribution in [0.25, 0.3) is 0 Å². The molecule has 0 radical (unpaired) electrons. The molecule has 1 aromatic rings. The summed E-state index contributed by atoms with van der Waals surface area (Å²) in [6.07, 6.45) is 0.249. The minimum Gasteiger partial charge on any atom is -0.370 e. The number of nitrogens with one attached hydrogen (secondary N) is 2. The Labute approximate surface area is 114 Å². The van der Waals surface area contributed by atoms with Gasteiger partial charge < -0.3 is 5.73 Å². The maximum absolute atomic E-state index is 11.6. The zero-order valence-electron chi connectivity index (χ0n) is 9.51. The lowest BCUT2D eigenvalue weighted by Crippen LogP contribution is -2.39. The molecule has 0 saturated carbocycles. The Morgan fingerprint density at radius 3 is 2.50 bits per heavy atom. The number of carbonyl (C=O) groups is 2. The van der Waals surface area contributed by atoms with Crippen LogP contribution in [0.5, 0.6) is 0 Å². The Kier molecular flexibility index (Phi) is 6.16. The third kappa shape index (κ3) is 5.65. The van der Waals surface area contributed by atoms with Gasteiger partial charge in [0.25, 0.3) is 5.91 Å². The van der Waals surface area contributed by atoms with E-state index in [4.69, 9.17) is 18.0 Å². The molecule has 1 aromatic carbocycles. The van der Waals surface area contributed by atoms with Crippen LogP contribution in [0.2, 0.25) is 0 Å². The van der Waals surface area contributed by atoms with Gasteiger partial charge in [-0.1, -0.05) is 42.2 Å². The summed E-state index contributed by atoms with van der Waals surface area (Å²) in [4.78, 5) is 22.1. The molecule has 0 bridgehead atoms. The first kappa shape index (κ1) is 14.5. The Balaban J connectivity index is 2.26. The molecule has 0 atom stereocenters. The number of primary amides is 1. The number of hydrogen-bond acceptors (Lipinski definition) is 4. The number of benzene rings is 1. The molecule has 96 valence electrons. The fraction of sp³-hybridized carbons (Fsp3) is 0.182. The molecule has 4 N–H and O–H groups in total. The molecule has 7 heteroatoms. The highest BCUT2D eigenvalue weighted by molar-refractivity contribution is 8.22. The van der Waals surface area contributed by atoms with Crippen LogP contribution in [-0.2, 0) is 4.79 Å². The topological polar surface area (TPSA) is 84.2 Å². The second-order valence-electron chi connectivity index (χ2n) is 3.30. The smallest absolute Gasteiger partial charge is 0.269 e. The Morgan fingerprint density at radius 1 is 1.22 bits per heavy atom. The van der Waals surface area contributed by atoms with Crippen molar-refractivity contribution in [2.75, 3.05) is 5.75 Å². The molecule has 0 unspecified atom stereocenters. The number of thiocarbonyl (C=S) groups is 1. The third-order valence-corrected chi connectivity index (χ3v) is 3.12. The number of amides is 2. The van der Waals surface area contributed by atoms with E-state index in [0.717, 1.165) is 0 Å². The van der Waals surface area contributed by atoms with Crippen molar-refractivity contribution >= 4 is 40.1 Å². The van der Waals surface area contributed by atoms with E-state index < -0.39 is 0 Å². The summed E-state index contributed by atoms with van der Waals surface area (Å²) < 4.78 is 0.389. The molecule has 0 heterocycles. The highest BCUT2D eigenvalue weighted by Crippen LogP contribution is 2.03. The van der Waals surface area contributed by atoms with E-state index in [-0.39, 0.29) is 18.2 Å². The molecule has 0 aliphatic carbocycles. The van der Waals surface area contributed by atoms with Gasteiger partial charge in [-0.3, -0.25) is 20.4 Å². The Morgan fingerprint density at radius 2 is 1.89 bits per heavy atom. The van der Waals surface area contributed by atoms with Crippen LogP contribution >= 0.6 is 24.0 Å². The summed E-state index contributed by atoms with van der Waals surface area (Å²) in [7, 11) is 0. The number of rotatable bonds is 4. The van der Waals surface area contributed by atoms with Crippen LogP contribution in [0.15, 0.2) is 30.3 Å². The van der Waals surface area contributed by atoms with E-state index in [9.17, 15) is 9.59 Å². The number of hydrogen-bond donors (Lipinski definition) is 3. The molecule has 18 heavy (non-hydrogen) atoms. The summed E-state index contributed by atoms with van der Waals surface area (Å²) in [5, 5.41) is 0. The van der Waals surface area contributed by atoms with Gasteiger partial charge in [0.05, 0.1) is 0 Å². The molecule has 0 aromatic heterocycles. The van der Waals surface area contributed by atoms with Gasteiger partial charge in [-0.15, -0.1) is 0 Å². The van der Waals surface area contributed by atoms with Gasteiger partial charge in [0.2, 0.25) is 5.91 Å². The summed E-state index contributed by atoms with van der Waals surface area (Å²) in [6, 6.07) is 8.76. The van der Waals surface area contributed by atoms with Crippen LogP contribution in [0.4, 0.5) is 0 Å². The molecule has 5 nitrogen and oxygen atoms in total. The predicted octanol–water partition coefficient (Wildman–Crippen LogP) is 0.814. The quantitative estimate of drug-likeness (QED) is 0.562. The SMILES string of the molecule is NC(=O)CCSC(=S)NNC(=O)c1ccccc1. The summed E-state index contributed by atoms with van der Waals surface area (Å²) >= 11 is 6.21. The number of carbonyl (C=O) groups excluding carboxylic acids is 2. The lowest BCUT2D eigenvalue weighted by molar-refractivity contribution is -0.117. The second kappa shape index (κ2) is 7.67. The Bertz CT molecular complexity index is 437. The average molecular weight is 283 g/mol. The van der Waals surface area contributed by atoms with E-state index in [1.54, 1.807) is 24.3 Å². The average Bonchev–Trinajstić information content (AvgIpc) is 2.36. The van der Waals surface area contributed by atoms with Gasteiger partial charge in [-0.25, -0.2) is 0 Å². The monoisotopic (exact) mass is 283 g/mol. The third-order valence-electron chi connectivity index (χ3n) is 1.90. The molecule has 0 aliphatic rings. The molecular weight excluding hydrogens is 270 g/mol. The van der Waals surface area contributed by atoms with Crippen molar-refractivity contribution in [3.63, 3.8) is 0 Å². The molecule has 1 rings (SSSR count). The minimum absolute atomic E-state index is 0.249. The lowest BCUT2D eigenvalue weighted by Gasteiger charge is -2.08. The second-order valence-corrected chi connectivity index (χ2v) is 5.07. The zero-order valence-corrected chi connectivity index (χ0v) is 11.1. The van der Waals surface area contributed by atoms with Gasteiger partial charge in [0, 0.05) is 17.7 Å². The van der Waals surface area contributed by atoms with Crippen molar-refractivity contribution in [2.45, 2.75) is 6.42 Å². The summed E-state index contributed by atoms with van der Waals surface area (Å²) in [5.74, 6) is -0.158. The number of hydrazine groups is 1. The predicted molar refractivity (Wildman–Crippen MR) is 75.9 cm³/mol. The van der Waals surface area contributed by atoms with E-state index in [0.29, 0.717) is 15.6 Å². The standard InChI is InChI=1S/C11H13N3O2S2/c12-9(15)6-7-18-11(17)14-13-10(16)8-4-2-1-3-5-8/h1-5H,6-7H2,(H2,12,15)(H,13,16)(H,14,17). The van der Waals surface area contributed by atoms with Crippen LogP contribution in [-0.4, -0.2) is 21.9 Å². The molecule has 0 fully saturated rings. The summed E-state index contributed by atoms with van der Waals surface area (Å²) in [6.45, 7) is 0. The van der Waals surface area contributed by atoms with Crippen LogP contribution < -0.4 is 16.6 Å². The van der Waals surface area contributed by atoms with E-state index >= 15 is 0 Å². The minimum atomic E-state index is -0.376. The van der Waals surface area contributed by atoms with Gasteiger partial charge in [-0.05, 0) is 12.1 Å². The first-order valence-corrected chi connectivity index (χ1v) is 6.55. The van der Waals surface area contributed by atoms with Crippen LogP contribution in [0.1, 0.15) is 16.8 Å². The van der Waals surface area contributed by atoms with Gasteiger partial charge >= 0.3 is 0 Å². The zero-order chi connectivity index (χ0) is 13.4. The summed E-state index contributed by atoms with van der Waals surface area (Å²) in [5.41, 5.74) is 10.6. The van der Waals surface area contributed by atoms with Crippen LogP contribution in [0.3, 0.4) is 0 Å². The Hall–Kier alpha value is -1.60. The fourth-order valence-corrected chi connectivity index (χ4v) is 1.96. The molecule has 2 amide bonds. The largest absolute Gasteiger partial charge is 0.370 e. The lowest BCUT2D eigenvalue weighted by atomic mass is 10.2. The first-order chi connectivity index (χ1) is 8.59. The van der Waals surface area contributed by atoms with Crippen molar-refractivity contribution in [1.29, 1.82) is 0 Å². The van der Waals surface area contributed by atoms with Crippen molar-refractivity contribution in [1.82, 2.24) is 10.9 Å². The number of nitrogens with two attached hydrogens (primary N) is 1. The molecule has 0 aliphatic heterocycles. The highest BCUT2D eigenvalue weighted by atomic mass is 32.2. The van der Waals surface area contributed by atoms with Crippen molar-refractivity contribution in [3.8, 4) is 0 Å². The van der Waals surface area contributed by atoms with E-state index in [2.05, 4.69) is 10.9 Å². The van der Waals surface area contributed by atoms with E-state index in [1.807, 2.05) is 6.07 Å². The molecular formula is C11H13N3O2S2. The van der Waals surface area contributed by atoms with Crippen molar-refractivity contribution in [2.24, 2.45) is 5.73 Å². The normalized spacial score (nSPS) is 9.56. The van der Waals surface area contributed by atoms with Gasteiger partial charge in [-0.2, -0.15) is 0 Å². The molecule has 0 spiro atoms. The number of thioether (sulfide) groups is 1. The highest BCUT2D eigenvalue weighted by Gasteiger charge is 2.05. The first-order valence-electron chi connectivity index (χ1n) is 5.16. The maximum Gasteiger partial charge on any atom is 0.269 e. The van der Waals surface area contributed by atoms with Crippen molar-refractivity contribution < 1.29 is 9.59 Å². The van der Waals surface area contributed by atoms with E-state index in [1.165, 1.54) is 11.8 Å². The molecule has 0 saturated heterocycles. The fourth-order valence-electron chi connectivity index (χ4n) is 1.05. The maximum atomic E-state index is 11.6.